The van der Waals surface area contributed by atoms with E-state index in [1.165, 1.54) is 141 Å². The number of nitrogens with zero attached hydrogens (tertiary/aromatic N) is 1. The van der Waals surface area contributed by atoms with Crippen molar-refractivity contribution in [1.82, 2.24) is 0 Å². The minimum Gasteiger partial charge on any atom is -0.206 e. The topological polar surface area (TPSA) is 23.8 Å². The molecule has 1 aromatic carbocycles. The summed E-state index contributed by atoms with van der Waals surface area (Å²) in [6.07, 6.45) is 29.9. The molecule has 34 heavy (non-hydrogen) atoms. The Bertz CT molecular complexity index is 749. The van der Waals surface area contributed by atoms with Gasteiger partial charge in [0.1, 0.15) is 11.9 Å². The summed E-state index contributed by atoms with van der Waals surface area (Å²) in [5.41, 5.74) is 2.08. The molecule has 190 valence electrons. The maximum atomic E-state index is 14.5. The van der Waals surface area contributed by atoms with E-state index < -0.39 is 0 Å². The molecule has 0 bridgehead atoms. The van der Waals surface area contributed by atoms with Gasteiger partial charge in [-0.05, 0) is 73.5 Å². The molecule has 0 heterocycles. The van der Waals surface area contributed by atoms with E-state index in [0.29, 0.717) is 5.41 Å². The molecule has 2 fully saturated rings. The zero-order chi connectivity index (χ0) is 24.1. The van der Waals surface area contributed by atoms with Crippen molar-refractivity contribution in [2.45, 2.75) is 154 Å². The van der Waals surface area contributed by atoms with Crippen molar-refractivity contribution in [2.75, 3.05) is 0 Å². The van der Waals surface area contributed by atoms with Crippen molar-refractivity contribution >= 4 is 0 Å². The van der Waals surface area contributed by atoms with Gasteiger partial charge in [-0.1, -0.05) is 109 Å². The largest absolute Gasteiger partial charge is 0.206 e. The quantitative estimate of drug-likeness (QED) is 0.250. The lowest BCUT2D eigenvalue weighted by Gasteiger charge is -2.40. The molecular weight excluding hydrogens is 417 g/mol. The second-order valence-corrected chi connectivity index (χ2v) is 11.8. The van der Waals surface area contributed by atoms with Gasteiger partial charge >= 0.3 is 0 Å². The number of nitriles is 1. The Morgan fingerprint density at radius 3 is 1.91 bits per heavy atom. The minimum atomic E-state index is -0.333. The highest BCUT2D eigenvalue weighted by Gasteiger charge is 2.35. The number of halogens is 1. The highest BCUT2D eigenvalue weighted by atomic mass is 19.1. The third kappa shape index (κ3) is 7.83. The Labute approximate surface area is 209 Å². The summed E-state index contributed by atoms with van der Waals surface area (Å²) in [5, 5.41) is 9.14. The lowest BCUT2D eigenvalue weighted by molar-refractivity contribution is 0.143. The molecule has 0 amide bonds. The summed E-state index contributed by atoms with van der Waals surface area (Å²) in [5.74, 6) is -0.333. The molecule has 0 unspecified atom stereocenters. The lowest BCUT2D eigenvalue weighted by Crippen LogP contribution is -2.29. The summed E-state index contributed by atoms with van der Waals surface area (Å²) in [4.78, 5) is 0. The SMILES string of the molecule is CCCCCCCCCC1(CCCCC2(c3ccc(C#N)c(F)c3)CCCCC2)CCCCC1. The van der Waals surface area contributed by atoms with Crippen molar-refractivity contribution in [3.8, 4) is 6.07 Å². The summed E-state index contributed by atoms with van der Waals surface area (Å²) in [6.45, 7) is 2.30. The van der Waals surface area contributed by atoms with Crippen LogP contribution >= 0.6 is 0 Å². The van der Waals surface area contributed by atoms with Crippen LogP contribution in [0.2, 0.25) is 0 Å². The smallest absolute Gasteiger partial charge is 0.141 e. The molecule has 0 radical (unpaired) electrons. The first-order valence-electron chi connectivity index (χ1n) is 14.8. The predicted octanol–water partition coefficient (Wildman–Crippen LogP) is 10.6. The zero-order valence-corrected chi connectivity index (χ0v) is 22.1. The van der Waals surface area contributed by atoms with Crippen LogP contribution in [0.25, 0.3) is 0 Å². The summed E-state index contributed by atoms with van der Waals surface area (Å²) < 4.78 is 14.5. The van der Waals surface area contributed by atoms with Gasteiger partial charge < -0.3 is 0 Å². The van der Waals surface area contributed by atoms with E-state index in [4.69, 9.17) is 5.26 Å². The maximum Gasteiger partial charge on any atom is 0.141 e. The van der Waals surface area contributed by atoms with Crippen LogP contribution in [0.4, 0.5) is 4.39 Å². The zero-order valence-electron chi connectivity index (χ0n) is 22.1. The van der Waals surface area contributed by atoms with Gasteiger partial charge in [-0.3, -0.25) is 0 Å². The first-order valence-corrected chi connectivity index (χ1v) is 14.8. The number of unbranched alkanes of at least 4 members (excludes halogenated alkanes) is 7. The molecule has 0 aromatic heterocycles. The highest BCUT2D eigenvalue weighted by molar-refractivity contribution is 5.37. The van der Waals surface area contributed by atoms with Gasteiger partial charge in [-0.2, -0.15) is 5.26 Å². The fourth-order valence-corrected chi connectivity index (χ4v) is 7.19. The predicted molar refractivity (Wildman–Crippen MR) is 142 cm³/mol. The second-order valence-electron chi connectivity index (χ2n) is 11.8. The van der Waals surface area contributed by atoms with Gasteiger partial charge in [0.15, 0.2) is 0 Å². The van der Waals surface area contributed by atoms with Crippen LogP contribution in [0.3, 0.4) is 0 Å². The number of hydrogen-bond donors (Lipinski definition) is 0. The number of rotatable bonds is 14. The molecule has 0 aliphatic heterocycles. The van der Waals surface area contributed by atoms with Crippen LogP contribution in [0.5, 0.6) is 0 Å². The van der Waals surface area contributed by atoms with Crippen LogP contribution in [0.15, 0.2) is 18.2 Å². The van der Waals surface area contributed by atoms with Crippen molar-refractivity contribution in [1.29, 1.82) is 5.26 Å². The van der Waals surface area contributed by atoms with Crippen LogP contribution in [0.1, 0.15) is 159 Å². The molecule has 1 nitrogen and oxygen atoms in total. The minimum absolute atomic E-state index is 0.130. The van der Waals surface area contributed by atoms with Crippen molar-refractivity contribution in [2.24, 2.45) is 5.41 Å². The van der Waals surface area contributed by atoms with Gasteiger partial charge in [0.2, 0.25) is 0 Å². The summed E-state index contributed by atoms with van der Waals surface area (Å²) >= 11 is 0. The van der Waals surface area contributed by atoms with E-state index in [2.05, 4.69) is 13.0 Å². The van der Waals surface area contributed by atoms with Gasteiger partial charge in [0.25, 0.3) is 0 Å². The van der Waals surface area contributed by atoms with E-state index in [0.717, 1.165) is 5.56 Å². The van der Waals surface area contributed by atoms with Crippen LogP contribution < -0.4 is 0 Å². The van der Waals surface area contributed by atoms with Gasteiger partial charge in [0, 0.05) is 0 Å². The molecular formula is C32H50FN. The lowest BCUT2D eigenvalue weighted by atomic mass is 9.65. The molecule has 0 saturated heterocycles. The Balaban J connectivity index is 1.52. The molecule has 2 heteroatoms. The first-order chi connectivity index (χ1) is 16.6. The Morgan fingerprint density at radius 2 is 1.29 bits per heavy atom. The first kappa shape index (κ1) is 27.2. The van der Waals surface area contributed by atoms with E-state index in [1.54, 1.807) is 12.1 Å². The second kappa shape index (κ2) is 14.3. The standard InChI is InChI=1S/C32H50FN/c1-2-3-4-5-6-7-10-19-31(20-11-8-12-21-31)22-15-16-25-32(23-13-9-14-24-32)29-18-17-28(27-34)30(33)26-29/h17-18,26H,2-16,19-25H2,1H3. The molecule has 2 saturated carbocycles. The third-order valence-corrected chi connectivity index (χ3v) is 9.35. The monoisotopic (exact) mass is 467 g/mol. The van der Waals surface area contributed by atoms with E-state index in [-0.39, 0.29) is 16.8 Å². The van der Waals surface area contributed by atoms with Crippen LogP contribution in [-0.4, -0.2) is 0 Å². The van der Waals surface area contributed by atoms with E-state index in [9.17, 15) is 4.39 Å². The van der Waals surface area contributed by atoms with Crippen molar-refractivity contribution < 1.29 is 4.39 Å². The third-order valence-electron chi connectivity index (χ3n) is 9.35. The maximum absolute atomic E-state index is 14.5. The van der Waals surface area contributed by atoms with Crippen LogP contribution in [0, 0.1) is 22.6 Å². The average Bonchev–Trinajstić information content (AvgIpc) is 2.87. The molecule has 0 N–H and O–H groups in total. The van der Waals surface area contributed by atoms with Crippen molar-refractivity contribution in [3.63, 3.8) is 0 Å². The van der Waals surface area contributed by atoms with E-state index >= 15 is 0 Å². The summed E-state index contributed by atoms with van der Waals surface area (Å²) in [7, 11) is 0. The fourth-order valence-electron chi connectivity index (χ4n) is 7.19. The Morgan fingerprint density at radius 1 is 0.735 bits per heavy atom. The molecule has 2 aliphatic carbocycles. The fraction of sp³-hybridized carbons (Fsp3) is 0.781. The highest BCUT2D eigenvalue weighted by Crippen LogP contribution is 2.47. The van der Waals surface area contributed by atoms with Crippen LogP contribution in [-0.2, 0) is 5.41 Å². The van der Waals surface area contributed by atoms with Gasteiger partial charge in [0.05, 0.1) is 5.56 Å². The number of hydrogen-bond acceptors (Lipinski definition) is 1. The summed E-state index contributed by atoms with van der Waals surface area (Å²) in [6, 6.07) is 7.44. The Kier molecular flexibility index (Phi) is 11.4. The average molecular weight is 468 g/mol. The molecule has 0 spiro atoms. The normalized spacial score (nSPS) is 19.6. The Hall–Kier alpha value is -1.36. The van der Waals surface area contributed by atoms with Gasteiger partial charge in [-0.15, -0.1) is 0 Å². The molecule has 1 aromatic rings. The molecule has 0 atom stereocenters. The van der Waals surface area contributed by atoms with Gasteiger partial charge in [-0.25, -0.2) is 4.39 Å². The van der Waals surface area contributed by atoms with E-state index in [1.807, 2.05) is 6.07 Å². The number of benzene rings is 1. The van der Waals surface area contributed by atoms with Crippen molar-refractivity contribution in [3.05, 3.63) is 35.1 Å². The molecule has 3 rings (SSSR count). The molecule has 2 aliphatic rings.